The van der Waals surface area contributed by atoms with E-state index in [0.29, 0.717) is 6.42 Å². The maximum atomic E-state index is 12.4. The zero-order valence-electron chi connectivity index (χ0n) is 15.3. The fraction of sp³-hybridized carbons (Fsp3) is 0.556. The number of ether oxygens (including phenoxy) is 1. The number of nitrogens with one attached hydrogen (secondary N) is 2. The van der Waals surface area contributed by atoms with Gasteiger partial charge in [-0.1, -0.05) is 26.0 Å². The van der Waals surface area contributed by atoms with E-state index in [1.165, 1.54) is 11.9 Å². The van der Waals surface area contributed by atoms with Crippen LogP contribution in [-0.4, -0.2) is 23.6 Å². The Kier molecular flexibility index (Phi) is 7.60. The van der Waals surface area contributed by atoms with Crippen LogP contribution in [0.3, 0.4) is 0 Å². The van der Waals surface area contributed by atoms with Crippen molar-refractivity contribution in [1.82, 2.24) is 10.0 Å². The molecule has 1 aromatic rings. The van der Waals surface area contributed by atoms with E-state index in [2.05, 4.69) is 10.0 Å². The summed E-state index contributed by atoms with van der Waals surface area (Å²) in [5, 5.41) is 2.67. The zero-order chi connectivity index (χ0) is 18.3. The van der Waals surface area contributed by atoms with E-state index in [-0.39, 0.29) is 11.8 Å². The first-order valence-corrected chi connectivity index (χ1v) is 8.91. The molecule has 1 atom stereocenters. The molecule has 24 heavy (non-hydrogen) atoms. The van der Waals surface area contributed by atoms with Crippen LogP contribution in [0.1, 0.15) is 46.6 Å². The average Bonchev–Trinajstić information content (AvgIpc) is 2.41. The van der Waals surface area contributed by atoms with Gasteiger partial charge in [0, 0.05) is 4.90 Å². The van der Waals surface area contributed by atoms with E-state index in [1.54, 1.807) is 20.8 Å². The van der Waals surface area contributed by atoms with Crippen molar-refractivity contribution >= 4 is 23.9 Å². The Hall–Kier alpha value is -1.69. The second-order valence-corrected chi connectivity index (χ2v) is 8.09. The monoisotopic (exact) mass is 352 g/mol. The molecule has 1 unspecified atom stereocenters. The van der Waals surface area contributed by atoms with Crippen LogP contribution in [0.5, 0.6) is 0 Å². The van der Waals surface area contributed by atoms with Gasteiger partial charge in [-0.25, -0.2) is 4.79 Å². The smallest absolute Gasteiger partial charge is 0.408 e. The second kappa shape index (κ2) is 8.97. The molecule has 0 radical (unpaired) electrons. The van der Waals surface area contributed by atoms with Crippen LogP contribution in [0.25, 0.3) is 0 Å². The number of alkyl carbamates (subject to hydrolysis) is 1. The quantitative estimate of drug-likeness (QED) is 0.758. The van der Waals surface area contributed by atoms with Crippen LogP contribution in [0.15, 0.2) is 29.2 Å². The minimum absolute atomic E-state index is 0.235. The Morgan fingerprint density at radius 1 is 1.25 bits per heavy atom. The van der Waals surface area contributed by atoms with Crippen molar-refractivity contribution in [3.63, 3.8) is 0 Å². The number of carbonyl (C=O) groups is 2. The molecule has 0 aliphatic rings. The molecule has 0 fully saturated rings. The molecule has 5 nitrogen and oxygen atoms in total. The number of hydrogen-bond donors (Lipinski definition) is 2. The van der Waals surface area contributed by atoms with Gasteiger partial charge in [0.25, 0.3) is 5.91 Å². The number of carbonyl (C=O) groups excluding carboxylic acids is 2. The van der Waals surface area contributed by atoms with Crippen LogP contribution in [-0.2, 0) is 9.53 Å². The van der Waals surface area contributed by atoms with Gasteiger partial charge >= 0.3 is 6.09 Å². The van der Waals surface area contributed by atoms with Gasteiger partial charge in [-0.15, -0.1) is 0 Å². The number of hydrogen-bond acceptors (Lipinski definition) is 4. The van der Waals surface area contributed by atoms with Gasteiger partial charge in [-0.05, 0) is 69.7 Å². The normalized spacial score (nSPS) is 12.6. The van der Waals surface area contributed by atoms with Crippen molar-refractivity contribution in [3.8, 4) is 0 Å². The molecule has 0 aliphatic heterocycles. The first-order valence-electron chi connectivity index (χ1n) is 8.09. The third-order valence-corrected chi connectivity index (χ3v) is 3.77. The summed E-state index contributed by atoms with van der Waals surface area (Å²) in [5.74, 6) is 0.0284. The van der Waals surface area contributed by atoms with Crippen LogP contribution < -0.4 is 10.0 Å². The minimum atomic E-state index is -0.628. The number of amides is 2. The van der Waals surface area contributed by atoms with E-state index < -0.39 is 17.7 Å². The molecular weight excluding hydrogens is 324 g/mol. The van der Waals surface area contributed by atoms with Crippen LogP contribution >= 0.6 is 11.9 Å². The third kappa shape index (κ3) is 8.24. The Morgan fingerprint density at radius 2 is 1.92 bits per heavy atom. The van der Waals surface area contributed by atoms with Crippen molar-refractivity contribution in [1.29, 1.82) is 0 Å². The summed E-state index contributed by atoms with van der Waals surface area (Å²) >= 11 is 1.25. The van der Waals surface area contributed by atoms with Gasteiger partial charge in [0.1, 0.15) is 11.6 Å². The lowest BCUT2D eigenvalue weighted by atomic mass is 10.0. The SMILES string of the molecule is Cc1cccc(SNC(=O)C(CC(C)C)NC(=O)OC(C)(C)C)c1. The second-order valence-electron chi connectivity index (χ2n) is 7.21. The van der Waals surface area contributed by atoms with Crippen LogP contribution in [0, 0.1) is 12.8 Å². The van der Waals surface area contributed by atoms with E-state index in [1.807, 2.05) is 45.0 Å². The highest BCUT2D eigenvalue weighted by Gasteiger charge is 2.25. The van der Waals surface area contributed by atoms with Crippen molar-refractivity contribution in [3.05, 3.63) is 29.8 Å². The Balaban J connectivity index is 2.65. The predicted molar refractivity (Wildman–Crippen MR) is 97.8 cm³/mol. The third-order valence-electron chi connectivity index (χ3n) is 2.97. The maximum absolute atomic E-state index is 12.4. The molecule has 2 N–H and O–H groups in total. The standard InChI is InChI=1S/C18H28N2O3S/c1-12(2)10-15(19-17(22)23-18(4,5)6)16(21)20-24-14-9-7-8-13(3)11-14/h7-9,11-12,15H,10H2,1-6H3,(H,19,22)(H,20,21). The molecule has 134 valence electrons. The molecule has 0 bridgehead atoms. The van der Waals surface area contributed by atoms with Gasteiger partial charge in [0.2, 0.25) is 0 Å². The van der Waals surface area contributed by atoms with Gasteiger partial charge in [-0.2, -0.15) is 0 Å². The Morgan fingerprint density at radius 3 is 2.46 bits per heavy atom. The number of aryl methyl sites for hydroxylation is 1. The summed E-state index contributed by atoms with van der Waals surface area (Å²) in [6, 6.07) is 7.23. The van der Waals surface area contributed by atoms with Gasteiger partial charge in [0.15, 0.2) is 0 Å². The Bertz CT molecular complexity index is 568. The van der Waals surface area contributed by atoms with Crippen molar-refractivity contribution in [2.24, 2.45) is 5.92 Å². The molecule has 1 rings (SSSR count). The molecule has 0 saturated carbocycles. The summed E-state index contributed by atoms with van der Waals surface area (Å²) in [5.41, 5.74) is 0.527. The first kappa shape index (κ1) is 20.4. The van der Waals surface area contributed by atoms with Crippen molar-refractivity contribution < 1.29 is 14.3 Å². The van der Waals surface area contributed by atoms with E-state index in [4.69, 9.17) is 4.74 Å². The lowest BCUT2D eigenvalue weighted by Crippen LogP contribution is -2.47. The molecule has 0 heterocycles. The van der Waals surface area contributed by atoms with E-state index in [9.17, 15) is 9.59 Å². The minimum Gasteiger partial charge on any atom is -0.444 e. The summed E-state index contributed by atoms with van der Waals surface area (Å²) in [6.45, 7) is 11.4. The summed E-state index contributed by atoms with van der Waals surface area (Å²) in [4.78, 5) is 25.3. The van der Waals surface area contributed by atoms with E-state index in [0.717, 1.165) is 10.5 Å². The largest absolute Gasteiger partial charge is 0.444 e. The Labute approximate surface area is 149 Å². The summed E-state index contributed by atoms with van der Waals surface area (Å²) < 4.78 is 8.05. The fourth-order valence-electron chi connectivity index (χ4n) is 2.01. The topological polar surface area (TPSA) is 67.4 Å². The highest BCUT2D eigenvalue weighted by atomic mass is 32.2. The first-order chi connectivity index (χ1) is 11.1. The average molecular weight is 353 g/mol. The van der Waals surface area contributed by atoms with Gasteiger partial charge in [0.05, 0.1) is 0 Å². The summed E-state index contributed by atoms with van der Waals surface area (Å²) in [7, 11) is 0. The van der Waals surface area contributed by atoms with Gasteiger partial charge in [-0.3, -0.25) is 9.52 Å². The highest BCUT2D eigenvalue weighted by Crippen LogP contribution is 2.17. The van der Waals surface area contributed by atoms with Crippen LogP contribution in [0.4, 0.5) is 4.79 Å². The lowest BCUT2D eigenvalue weighted by molar-refractivity contribution is -0.121. The molecule has 0 saturated heterocycles. The van der Waals surface area contributed by atoms with Crippen molar-refractivity contribution in [2.45, 2.75) is 64.5 Å². The fourth-order valence-corrected chi connectivity index (χ4v) is 2.76. The molecular formula is C18H28N2O3S. The number of rotatable bonds is 6. The van der Waals surface area contributed by atoms with Gasteiger partial charge < -0.3 is 10.1 Å². The molecule has 0 aromatic heterocycles. The molecule has 0 spiro atoms. The van der Waals surface area contributed by atoms with Crippen LogP contribution in [0.2, 0.25) is 0 Å². The van der Waals surface area contributed by atoms with Crippen molar-refractivity contribution in [2.75, 3.05) is 0 Å². The number of benzene rings is 1. The van der Waals surface area contributed by atoms with E-state index >= 15 is 0 Å². The molecule has 2 amide bonds. The highest BCUT2D eigenvalue weighted by molar-refractivity contribution is 7.98. The maximum Gasteiger partial charge on any atom is 0.408 e. The predicted octanol–water partition coefficient (Wildman–Crippen LogP) is 4.06. The molecule has 6 heteroatoms. The molecule has 1 aromatic carbocycles. The lowest BCUT2D eigenvalue weighted by Gasteiger charge is -2.24. The molecule has 0 aliphatic carbocycles. The summed E-state index contributed by atoms with van der Waals surface area (Å²) in [6.07, 6.45) is -0.0386. The zero-order valence-corrected chi connectivity index (χ0v) is 16.1.